The van der Waals surface area contributed by atoms with Gasteiger partial charge in [-0.2, -0.15) is 0 Å². The van der Waals surface area contributed by atoms with E-state index in [1.807, 2.05) is 0 Å². The van der Waals surface area contributed by atoms with Crippen LogP contribution in [0, 0.1) is 12.8 Å². The van der Waals surface area contributed by atoms with Gasteiger partial charge >= 0.3 is 5.97 Å². The summed E-state index contributed by atoms with van der Waals surface area (Å²) in [6.45, 7) is 5.19. The molecule has 1 atom stereocenters. The van der Waals surface area contributed by atoms with Crippen LogP contribution < -0.4 is 4.72 Å². The first-order valence-electron chi connectivity index (χ1n) is 5.83. The SMILES string of the molecule is Cc1cc(CS(=O)(=O)NC(CC(=O)O)C(C)C)no1. The molecular weight excluding hydrogens is 272 g/mol. The molecule has 7 nitrogen and oxygen atoms in total. The van der Waals surface area contributed by atoms with Crippen LogP contribution >= 0.6 is 0 Å². The van der Waals surface area contributed by atoms with Crippen LogP contribution in [-0.4, -0.2) is 30.7 Å². The fourth-order valence-corrected chi connectivity index (χ4v) is 2.98. The zero-order valence-corrected chi connectivity index (χ0v) is 11.9. The van der Waals surface area contributed by atoms with Crippen molar-refractivity contribution in [2.45, 2.75) is 39.0 Å². The summed E-state index contributed by atoms with van der Waals surface area (Å²) in [4.78, 5) is 10.7. The molecule has 1 aromatic heterocycles. The van der Waals surface area contributed by atoms with Gasteiger partial charge in [-0.25, -0.2) is 13.1 Å². The molecule has 1 rings (SSSR count). The minimum absolute atomic E-state index is 0.120. The molecule has 0 aliphatic carbocycles. The number of aliphatic carboxylic acids is 1. The molecule has 0 fully saturated rings. The molecule has 2 N–H and O–H groups in total. The van der Waals surface area contributed by atoms with Crippen LogP contribution in [0.15, 0.2) is 10.6 Å². The lowest BCUT2D eigenvalue weighted by molar-refractivity contribution is -0.137. The van der Waals surface area contributed by atoms with Crippen LogP contribution in [0.4, 0.5) is 0 Å². The number of hydrogen-bond donors (Lipinski definition) is 2. The summed E-state index contributed by atoms with van der Waals surface area (Å²) in [5.74, 6) is -0.965. The highest BCUT2D eigenvalue weighted by Gasteiger charge is 2.24. The van der Waals surface area contributed by atoms with Crippen LogP contribution in [0.1, 0.15) is 31.7 Å². The summed E-state index contributed by atoms with van der Waals surface area (Å²) in [5.41, 5.74) is 0.294. The summed E-state index contributed by atoms with van der Waals surface area (Å²) >= 11 is 0. The summed E-state index contributed by atoms with van der Waals surface area (Å²) in [6, 6.07) is 0.886. The van der Waals surface area contributed by atoms with E-state index in [-0.39, 0.29) is 18.1 Å². The third-order valence-electron chi connectivity index (χ3n) is 2.54. The van der Waals surface area contributed by atoms with Crippen molar-refractivity contribution < 1.29 is 22.8 Å². The second kappa shape index (κ2) is 6.16. The molecule has 0 aromatic carbocycles. The van der Waals surface area contributed by atoms with Crippen molar-refractivity contribution in [3.63, 3.8) is 0 Å². The van der Waals surface area contributed by atoms with Crippen molar-refractivity contribution >= 4 is 16.0 Å². The first-order valence-corrected chi connectivity index (χ1v) is 7.49. The maximum absolute atomic E-state index is 11.9. The Morgan fingerprint density at radius 3 is 2.58 bits per heavy atom. The van der Waals surface area contributed by atoms with Crippen LogP contribution in [0.2, 0.25) is 0 Å². The largest absolute Gasteiger partial charge is 0.481 e. The molecule has 0 spiro atoms. The van der Waals surface area contributed by atoms with Gasteiger partial charge in [0, 0.05) is 12.1 Å². The van der Waals surface area contributed by atoms with Crippen LogP contribution in [0.25, 0.3) is 0 Å². The van der Waals surface area contributed by atoms with E-state index >= 15 is 0 Å². The smallest absolute Gasteiger partial charge is 0.304 e. The van der Waals surface area contributed by atoms with Gasteiger partial charge in [-0.15, -0.1) is 0 Å². The number of sulfonamides is 1. The third-order valence-corrected chi connectivity index (χ3v) is 3.88. The van der Waals surface area contributed by atoms with Crippen LogP contribution in [0.3, 0.4) is 0 Å². The summed E-state index contributed by atoms with van der Waals surface area (Å²) in [5, 5.41) is 12.4. The molecule has 0 saturated carbocycles. The fraction of sp³-hybridized carbons (Fsp3) is 0.636. The van der Waals surface area contributed by atoms with Crippen molar-refractivity contribution in [2.24, 2.45) is 5.92 Å². The average molecular weight is 290 g/mol. The lowest BCUT2D eigenvalue weighted by Gasteiger charge is -2.20. The molecule has 0 aliphatic rings. The Balaban J connectivity index is 2.73. The normalized spacial score (nSPS) is 13.7. The molecule has 8 heteroatoms. The number of aromatic nitrogens is 1. The van der Waals surface area contributed by atoms with E-state index < -0.39 is 22.0 Å². The first kappa shape index (κ1) is 15.6. The van der Waals surface area contributed by atoms with Gasteiger partial charge < -0.3 is 9.63 Å². The van der Waals surface area contributed by atoms with E-state index in [1.54, 1.807) is 20.8 Å². The minimum atomic E-state index is -3.65. The summed E-state index contributed by atoms with van der Waals surface area (Å²) < 4.78 is 31.0. The van der Waals surface area contributed by atoms with Gasteiger partial charge in [0.25, 0.3) is 0 Å². The van der Waals surface area contributed by atoms with Gasteiger partial charge in [-0.05, 0) is 12.8 Å². The molecule has 0 saturated heterocycles. The summed E-state index contributed by atoms with van der Waals surface area (Å²) in [7, 11) is -3.65. The Morgan fingerprint density at radius 2 is 2.16 bits per heavy atom. The zero-order valence-electron chi connectivity index (χ0n) is 11.1. The number of nitrogens with one attached hydrogen (secondary N) is 1. The number of aryl methyl sites for hydroxylation is 1. The average Bonchev–Trinajstić information content (AvgIpc) is 2.60. The quantitative estimate of drug-likeness (QED) is 0.772. The van der Waals surface area contributed by atoms with Gasteiger partial charge in [0.1, 0.15) is 17.2 Å². The lowest BCUT2D eigenvalue weighted by Crippen LogP contribution is -2.40. The monoisotopic (exact) mass is 290 g/mol. The van der Waals surface area contributed by atoms with E-state index in [0.717, 1.165) is 0 Å². The van der Waals surface area contributed by atoms with E-state index in [2.05, 4.69) is 9.88 Å². The molecule has 0 aliphatic heterocycles. The Kier molecular flexibility index (Phi) is 5.07. The van der Waals surface area contributed by atoms with E-state index in [9.17, 15) is 13.2 Å². The number of carbonyl (C=O) groups is 1. The van der Waals surface area contributed by atoms with Crippen molar-refractivity contribution in [1.29, 1.82) is 0 Å². The zero-order chi connectivity index (χ0) is 14.6. The first-order chi connectivity index (χ1) is 8.69. The second-order valence-electron chi connectivity index (χ2n) is 4.75. The molecule has 0 bridgehead atoms. The predicted molar refractivity (Wildman–Crippen MR) is 67.9 cm³/mol. The molecule has 0 radical (unpaired) electrons. The highest BCUT2D eigenvalue weighted by atomic mass is 32.2. The van der Waals surface area contributed by atoms with E-state index in [4.69, 9.17) is 9.63 Å². The standard InChI is InChI=1S/C11H18N2O5S/c1-7(2)10(5-11(14)15)13-19(16,17)6-9-4-8(3)18-12-9/h4,7,10,13H,5-6H2,1-3H3,(H,14,15). The van der Waals surface area contributed by atoms with E-state index in [1.165, 1.54) is 6.07 Å². The predicted octanol–water partition coefficient (Wildman–Crippen LogP) is 0.902. The van der Waals surface area contributed by atoms with Crippen molar-refractivity contribution in [3.05, 3.63) is 17.5 Å². The Morgan fingerprint density at radius 1 is 1.53 bits per heavy atom. The number of hydrogen-bond acceptors (Lipinski definition) is 5. The lowest BCUT2D eigenvalue weighted by atomic mass is 10.0. The molecule has 0 amide bonds. The molecular formula is C11H18N2O5S. The van der Waals surface area contributed by atoms with Crippen LogP contribution in [-0.2, 0) is 20.6 Å². The van der Waals surface area contributed by atoms with E-state index in [0.29, 0.717) is 11.5 Å². The molecule has 19 heavy (non-hydrogen) atoms. The van der Waals surface area contributed by atoms with Crippen molar-refractivity contribution in [1.82, 2.24) is 9.88 Å². The molecule has 108 valence electrons. The highest BCUT2D eigenvalue weighted by Crippen LogP contribution is 2.11. The van der Waals surface area contributed by atoms with Crippen LogP contribution in [0.5, 0.6) is 0 Å². The molecule has 1 unspecified atom stereocenters. The Labute approximate surface area is 112 Å². The van der Waals surface area contributed by atoms with Crippen molar-refractivity contribution in [3.8, 4) is 0 Å². The molecule has 1 aromatic rings. The number of carboxylic acid groups (broad SMARTS) is 1. The number of carboxylic acids is 1. The maximum atomic E-state index is 11.9. The summed E-state index contributed by atoms with van der Waals surface area (Å²) in [6.07, 6.45) is -0.255. The molecule has 1 heterocycles. The Bertz CT molecular complexity index is 535. The number of nitrogens with zero attached hydrogens (tertiary/aromatic N) is 1. The fourth-order valence-electron chi connectivity index (χ4n) is 1.55. The van der Waals surface area contributed by atoms with Gasteiger partial charge in [-0.3, -0.25) is 4.79 Å². The number of rotatable bonds is 7. The van der Waals surface area contributed by atoms with Crippen molar-refractivity contribution in [2.75, 3.05) is 0 Å². The second-order valence-corrected chi connectivity index (χ2v) is 6.51. The topological polar surface area (TPSA) is 110 Å². The highest BCUT2D eigenvalue weighted by molar-refractivity contribution is 7.88. The van der Waals surface area contributed by atoms with Gasteiger partial charge in [-0.1, -0.05) is 19.0 Å². The maximum Gasteiger partial charge on any atom is 0.304 e. The third kappa shape index (κ3) is 5.39. The minimum Gasteiger partial charge on any atom is -0.481 e. The van der Waals surface area contributed by atoms with Gasteiger partial charge in [0.15, 0.2) is 0 Å². The van der Waals surface area contributed by atoms with Gasteiger partial charge in [0.2, 0.25) is 10.0 Å². The van der Waals surface area contributed by atoms with Gasteiger partial charge in [0.05, 0.1) is 6.42 Å². The Hall–Kier alpha value is -1.41.